The van der Waals surface area contributed by atoms with E-state index in [1.165, 1.54) is 19.3 Å². The summed E-state index contributed by atoms with van der Waals surface area (Å²) in [5, 5.41) is 3.92. The molecule has 0 saturated carbocycles. The van der Waals surface area contributed by atoms with Gasteiger partial charge in [0.1, 0.15) is 5.15 Å². The molecule has 14 heavy (non-hydrogen) atoms. The van der Waals surface area contributed by atoms with Gasteiger partial charge in [-0.2, -0.15) is 0 Å². The van der Waals surface area contributed by atoms with Crippen molar-refractivity contribution in [3.05, 3.63) is 23.5 Å². The van der Waals surface area contributed by atoms with Crippen molar-refractivity contribution >= 4 is 17.3 Å². The number of nitrogens with one attached hydrogen (secondary N) is 1. The summed E-state index contributed by atoms with van der Waals surface area (Å²) in [6, 6.07) is 4.26. The molecule has 0 spiro atoms. The Morgan fingerprint density at radius 1 is 1.50 bits per heavy atom. The number of unbranched alkanes of at least 4 members (excludes halogenated alkanes) is 1. The highest BCUT2D eigenvalue weighted by Gasteiger charge is 2.00. The fraction of sp³-hybridized carbons (Fsp3) is 0.545. The number of halogens is 1. The van der Waals surface area contributed by atoms with E-state index in [9.17, 15) is 0 Å². The summed E-state index contributed by atoms with van der Waals surface area (Å²) in [6.45, 7) is 4.39. The lowest BCUT2D eigenvalue weighted by Crippen LogP contribution is -2.14. The molecular weight excluding hydrogens is 196 g/mol. The van der Waals surface area contributed by atoms with Crippen LogP contribution in [-0.2, 0) is 0 Å². The lowest BCUT2D eigenvalue weighted by molar-refractivity contribution is 0.645. The molecule has 0 fully saturated rings. The van der Waals surface area contributed by atoms with Crippen LogP contribution in [0.4, 0.5) is 5.69 Å². The van der Waals surface area contributed by atoms with Gasteiger partial charge >= 0.3 is 0 Å². The molecule has 1 N–H and O–H groups in total. The van der Waals surface area contributed by atoms with Gasteiger partial charge < -0.3 is 5.32 Å². The molecule has 78 valence electrons. The van der Waals surface area contributed by atoms with E-state index in [-0.39, 0.29) is 0 Å². The molecule has 1 aromatic rings. The molecule has 0 bridgehead atoms. The van der Waals surface area contributed by atoms with Crippen LogP contribution < -0.4 is 5.32 Å². The van der Waals surface area contributed by atoms with E-state index < -0.39 is 0 Å². The minimum atomic E-state index is 0.498. The fourth-order valence-corrected chi connectivity index (χ4v) is 1.44. The molecule has 0 aliphatic heterocycles. The van der Waals surface area contributed by atoms with Crippen molar-refractivity contribution in [3.8, 4) is 0 Å². The third kappa shape index (κ3) is 3.97. The van der Waals surface area contributed by atoms with Crippen LogP contribution in [0.1, 0.15) is 33.1 Å². The highest BCUT2D eigenvalue weighted by atomic mass is 35.5. The van der Waals surface area contributed by atoms with Crippen LogP contribution in [0.25, 0.3) is 0 Å². The van der Waals surface area contributed by atoms with Gasteiger partial charge in [0.2, 0.25) is 0 Å². The molecule has 2 nitrogen and oxygen atoms in total. The van der Waals surface area contributed by atoms with Gasteiger partial charge in [-0.15, -0.1) is 0 Å². The van der Waals surface area contributed by atoms with Crippen LogP contribution in [0.2, 0.25) is 5.15 Å². The van der Waals surface area contributed by atoms with Crippen molar-refractivity contribution < 1.29 is 0 Å². The van der Waals surface area contributed by atoms with Gasteiger partial charge in [-0.25, -0.2) is 4.98 Å². The first-order valence-electron chi connectivity index (χ1n) is 5.10. The summed E-state index contributed by atoms with van der Waals surface area (Å²) in [5.74, 6) is 0. The second-order valence-electron chi connectivity index (χ2n) is 3.56. The van der Waals surface area contributed by atoms with E-state index in [1.54, 1.807) is 12.3 Å². The smallest absolute Gasteiger partial charge is 0.129 e. The first-order valence-corrected chi connectivity index (χ1v) is 5.48. The topological polar surface area (TPSA) is 24.9 Å². The van der Waals surface area contributed by atoms with E-state index >= 15 is 0 Å². The van der Waals surface area contributed by atoms with Crippen molar-refractivity contribution in [2.45, 2.75) is 39.2 Å². The molecule has 1 rings (SSSR count). The number of pyridine rings is 1. The van der Waals surface area contributed by atoms with Crippen LogP contribution in [0.15, 0.2) is 18.3 Å². The number of nitrogens with zero attached hydrogens (tertiary/aromatic N) is 1. The molecule has 1 heterocycles. The normalized spacial score (nSPS) is 12.5. The number of aromatic nitrogens is 1. The number of hydrogen-bond acceptors (Lipinski definition) is 2. The maximum Gasteiger partial charge on any atom is 0.129 e. The highest BCUT2D eigenvalue weighted by molar-refractivity contribution is 6.29. The molecule has 3 heteroatoms. The van der Waals surface area contributed by atoms with Gasteiger partial charge in [-0.1, -0.05) is 31.4 Å². The van der Waals surface area contributed by atoms with Gasteiger partial charge in [-0.3, -0.25) is 0 Å². The Hall–Kier alpha value is -0.760. The van der Waals surface area contributed by atoms with Crippen LogP contribution in [-0.4, -0.2) is 11.0 Å². The second-order valence-corrected chi connectivity index (χ2v) is 3.94. The maximum absolute atomic E-state index is 5.69. The molecule has 0 amide bonds. The lowest BCUT2D eigenvalue weighted by Gasteiger charge is -2.14. The molecule has 0 saturated heterocycles. The largest absolute Gasteiger partial charge is 0.381 e. The molecule has 0 aliphatic carbocycles. The molecule has 0 aromatic carbocycles. The summed E-state index contributed by atoms with van der Waals surface area (Å²) in [7, 11) is 0. The number of rotatable bonds is 5. The summed E-state index contributed by atoms with van der Waals surface area (Å²) < 4.78 is 0. The second kappa shape index (κ2) is 5.86. The average molecular weight is 213 g/mol. The zero-order valence-electron chi connectivity index (χ0n) is 8.76. The van der Waals surface area contributed by atoms with E-state index in [0.717, 1.165) is 5.69 Å². The van der Waals surface area contributed by atoms with Crippen molar-refractivity contribution in [2.75, 3.05) is 5.32 Å². The number of hydrogen-bond donors (Lipinski definition) is 1. The monoisotopic (exact) mass is 212 g/mol. The highest BCUT2D eigenvalue weighted by Crippen LogP contribution is 2.12. The Balaban J connectivity index is 2.39. The van der Waals surface area contributed by atoms with Gasteiger partial charge in [-0.05, 0) is 25.5 Å². The van der Waals surface area contributed by atoms with Crippen molar-refractivity contribution in [2.24, 2.45) is 0 Å². The Kier molecular flexibility index (Phi) is 4.74. The standard InChI is InChI=1S/C11H17ClN2/c1-3-4-5-9(2)14-10-6-7-11(12)13-8-10/h6-9,14H,3-5H2,1-2H3. The van der Waals surface area contributed by atoms with Gasteiger partial charge in [0.05, 0.1) is 11.9 Å². The Labute approximate surface area is 90.7 Å². The summed E-state index contributed by atoms with van der Waals surface area (Å²) in [4.78, 5) is 4.02. The quantitative estimate of drug-likeness (QED) is 0.753. The average Bonchev–Trinajstić information content (AvgIpc) is 2.18. The van der Waals surface area contributed by atoms with Gasteiger partial charge in [0.15, 0.2) is 0 Å². The molecule has 0 radical (unpaired) electrons. The summed E-state index contributed by atoms with van der Waals surface area (Å²) in [5.41, 5.74) is 1.04. The van der Waals surface area contributed by atoms with E-state index in [2.05, 4.69) is 24.1 Å². The molecule has 1 atom stereocenters. The first-order chi connectivity index (χ1) is 6.72. The predicted molar refractivity (Wildman–Crippen MR) is 61.9 cm³/mol. The first kappa shape index (κ1) is 11.3. The summed E-state index contributed by atoms with van der Waals surface area (Å²) in [6.07, 6.45) is 5.46. The molecular formula is C11H17ClN2. The predicted octanol–water partition coefficient (Wildman–Crippen LogP) is 3.73. The Morgan fingerprint density at radius 3 is 2.86 bits per heavy atom. The van der Waals surface area contributed by atoms with E-state index in [4.69, 9.17) is 11.6 Å². The molecule has 0 aliphatic rings. The maximum atomic E-state index is 5.69. The van der Waals surface area contributed by atoms with Crippen LogP contribution >= 0.6 is 11.6 Å². The zero-order chi connectivity index (χ0) is 10.4. The Bertz CT molecular complexity index is 258. The van der Waals surface area contributed by atoms with E-state index in [0.29, 0.717) is 11.2 Å². The van der Waals surface area contributed by atoms with Crippen LogP contribution in [0.3, 0.4) is 0 Å². The van der Waals surface area contributed by atoms with E-state index in [1.807, 2.05) is 6.07 Å². The Morgan fingerprint density at radius 2 is 2.29 bits per heavy atom. The summed E-state index contributed by atoms with van der Waals surface area (Å²) >= 11 is 5.69. The molecule has 1 aromatic heterocycles. The fourth-order valence-electron chi connectivity index (χ4n) is 1.33. The van der Waals surface area contributed by atoms with Crippen molar-refractivity contribution in [1.82, 2.24) is 4.98 Å². The third-order valence-electron chi connectivity index (χ3n) is 2.13. The third-order valence-corrected chi connectivity index (χ3v) is 2.35. The molecule has 1 unspecified atom stereocenters. The number of anilines is 1. The minimum Gasteiger partial charge on any atom is -0.381 e. The van der Waals surface area contributed by atoms with Gasteiger partial charge in [0.25, 0.3) is 0 Å². The van der Waals surface area contributed by atoms with Crippen molar-refractivity contribution in [3.63, 3.8) is 0 Å². The van der Waals surface area contributed by atoms with Crippen LogP contribution in [0, 0.1) is 0 Å². The van der Waals surface area contributed by atoms with Crippen LogP contribution in [0.5, 0.6) is 0 Å². The van der Waals surface area contributed by atoms with Gasteiger partial charge in [0, 0.05) is 6.04 Å². The van der Waals surface area contributed by atoms with Crippen molar-refractivity contribution in [1.29, 1.82) is 0 Å². The minimum absolute atomic E-state index is 0.498. The lowest BCUT2D eigenvalue weighted by atomic mass is 10.1. The SMILES string of the molecule is CCCCC(C)Nc1ccc(Cl)nc1. The zero-order valence-corrected chi connectivity index (χ0v) is 9.51.